The number of rotatable bonds is 5. The van der Waals surface area contributed by atoms with Crippen LogP contribution in [0.4, 0.5) is 0 Å². The van der Waals surface area contributed by atoms with Gasteiger partial charge in [0.25, 0.3) is 11.8 Å². The third-order valence-corrected chi connectivity index (χ3v) is 4.16. The minimum Gasteiger partial charge on any atom is -0.449 e. The van der Waals surface area contributed by atoms with Gasteiger partial charge in [-0.05, 0) is 36.9 Å². The van der Waals surface area contributed by atoms with E-state index in [1.54, 1.807) is 13.0 Å². The van der Waals surface area contributed by atoms with Crippen molar-refractivity contribution in [1.29, 1.82) is 0 Å². The summed E-state index contributed by atoms with van der Waals surface area (Å²) in [5, 5.41) is 9.84. The van der Waals surface area contributed by atoms with Gasteiger partial charge >= 0.3 is 5.97 Å². The van der Waals surface area contributed by atoms with Crippen molar-refractivity contribution in [1.82, 2.24) is 10.2 Å². The lowest BCUT2D eigenvalue weighted by Gasteiger charge is -2.06. The molecular formula is C18H16N2O3S. The Labute approximate surface area is 143 Å². The highest BCUT2D eigenvalue weighted by molar-refractivity contribution is 7.13. The summed E-state index contributed by atoms with van der Waals surface area (Å²) in [6.07, 6.45) is 2.48. The van der Waals surface area contributed by atoms with Gasteiger partial charge in [-0.1, -0.05) is 35.9 Å². The third-order valence-electron chi connectivity index (χ3n) is 3.30. The van der Waals surface area contributed by atoms with Crippen LogP contribution in [0.25, 0.3) is 16.8 Å². The minimum atomic E-state index is -0.610. The first kappa shape index (κ1) is 16.1. The number of nitrogens with zero attached hydrogens (tertiary/aromatic N) is 2. The second-order valence-electron chi connectivity index (χ2n) is 5.25. The second-order valence-corrected chi connectivity index (χ2v) is 6.19. The predicted molar refractivity (Wildman–Crippen MR) is 92.3 cm³/mol. The number of carbonyl (C=O) groups excluding carboxylic acids is 1. The van der Waals surface area contributed by atoms with Crippen LogP contribution in [0.2, 0.25) is 0 Å². The molecule has 0 amide bonds. The van der Waals surface area contributed by atoms with Gasteiger partial charge in [-0.3, -0.25) is 0 Å². The van der Waals surface area contributed by atoms with E-state index < -0.39 is 12.1 Å². The Hall–Kier alpha value is -2.73. The number of thiophene rings is 1. The molecule has 0 saturated carbocycles. The van der Waals surface area contributed by atoms with Gasteiger partial charge in [0.2, 0.25) is 0 Å². The highest BCUT2D eigenvalue weighted by Gasteiger charge is 2.18. The maximum Gasteiger partial charge on any atom is 0.331 e. The molecule has 24 heavy (non-hydrogen) atoms. The van der Waals surface area contributed by atoms with E-state index >= 15 is 0 Å². The molecule has 3 aromatic rings. The number of aromatic nitrogens is 2. The number of esters is 1. The largest absolute Gasteiger partial charge is 0.449 e. The van der Waals surface area contributed by atoms with Gasteiger partial charge in [-0.25, -0.2) is 4.79 Å². The average Bonchev–Trinajstić information content (AvgIpc) is 3.25. The SMILES string of the molecule is Cc1ccc(/C=C/C(=O)O[C@H](C)c2nnc(-c3cccs3)o2)cc1. The van der Waals surface area contributed by atoms with Crippen LogP contribution < -0.4 is 0 Å². The summed E-state index contributed by atoms with van der Waals surface area (Å²) in [4.78, 5) is 12.8. The summed E-state index contributed by atoms with van der Waals surface area (Å²) < 4.78 is 10.8. The van der Waals surface area contributed by atoms with E-state index in [-0.39, 0.29) is 5.89 Å². The summed E-state index contributed by atoms with van der Waals surface area (Å²) >= 11 is 1.51. The summed E-state index contributed by atoms with van der Waals surface area (Å²) in [5.41, 5.74) is 2.10. The molecule has 0 aliphatic heterocycles. The van der Waals surface area contributed by atoms with E-state index in [0.717, 1.165) is 10.4 Å². The molecule has 0 spiro atoms. The summed E-state index contributed by atoms with van der Waals surface area (Å²) in [7, 11) is 0. The highest BCUT2D eigenvalue weighted by atomic mass is 32.1. The first-order valence-corrected chi connectivity index (χ1v) is 8.32. The van der Waals surface area contributed by atoms with Crippen LogP contribution in [-0.4, -0.2) is 16.2 Å². The Morgan fingerprint density at radius 3 is 2.75 bits per heavy atom. The smallest absolute Gasteiger partial charge is 0.331 e. The molecule has 0 N–H and O–H groups in total. The van der Waals surface area contributed by atoms with Crippen LogP contribution in [0.5, 0.6) is 0 Å². The first-order chi connectivity index (χ1) is 11.6. The number of carbonyl (C=O) groups is 1. The molecule has 0 aliphatic carbocycles. The molecule has 0 saturated heterocycles. The van der Waals surface area contributed by atoms with E-state index in [4.69, 9.17) is 9.15 Å². The maximum atomic E-state index is 11.9. The van der Waals surface area contributed by atoms with Gasteiger partial charge < -0.3 is 9.15 Å². The number of ether oxygens (including phenoxy) is 1. The van der Waals surface area contributed by atoms with Crippen molar-refractivity contribution in [3.05, 3.63) is 64.9 Å². The molecule has 3 rings (SSSR count). The van der Waals surface area contributed by atoms with Gasteiger partial charge in [0.1, 0.15) is 0 Å². The van der Waals surface area contributed by atoms with Crippen LogP contribution in [0.3, 0.4) is 0 Å². The molecule has 1 aromatic carbocycles. The minimum absolute atomic E-state index is 0.274. The lowest BCUT2D eigenvalue weighted by atomic mass is 10.1. The molecule has 0 fully saturated rings. The second kappa shape index (κ2) is 7.23. The molecule has 122 valence electrons. The number of benzene rings is 1. The molecule has 2 aromatic heterocycles. The van der Waals surface area contributed by atoms with E-state index in [1.807, 2.05) is 48.7 Å². The molecular weight excluding hydrogens is 324 g/mol. The van der Waals surface area contributed by atoms with Crippen LogP contribution in [0, 0.1) is 6.92 Å². The van der Waals surface area contributed by atoms with Crippen molar-refractivity contribution < 1.29 is 13.9 Å². The fourth-order valence-electron chi connectivity index (χ4n) is 2.00. The summed E-state index contributed by atoms with van der Waals surface area (Å²) in [5.74, 6) is 0.243. The monoisotopic (exact) mass is 340 g/mol. The lowest BCUT2D eigenvalue weighted by Crippen LogP contribution is -2.06. The van der Waals surface area contributed by atoms with Crippen LogP contribution in [-0.2, 0) is 9.53 Å². The molecule has 0 bridgehead atoms. The Kier molecular flexibility index (Phi) is 4.86. The zero-order chi connectivity index (χ0) is 16.9. The number of aryl methyl sites for hydroxylation is 1. The van der Waals surface area contributed by atoms with Crippen LogP contribution in [0.1, 0.15) is 30.0 Å². The van der Waals surface area contributed by atoms with Crippen molar-refractivity contribution in [2.75, 3.05) is 0 Å². The third kappa shape index (κ3) is 3.97. The van der Waals surface area contributed by atoms with E-state index in [0.29, 0.717) is 5.89 Å². The standard InChI is InChI=1S/C18H16N2O3S/c1-12-5-7-14(8-6-12)9-10-16(21)22-13(2)17-19-20-18(23-17)15-4-3-11-24-15/h3-11,13H,1-2H3/b10-9+/t13-/m1/s1. The highest BCUT2D eigenvalue weighted by Crippen LogP contribution is 2.25. The topological polar surface area (TPSA) is 65.2 Å². The van der Waals surface area contributed by atoms with Gasteiger partial charge in [-0.2, -0.15) is 0 Å². The van der Waals surface area contributed by atoms with Crippen LogP contribution >= 0.6 is 11.3 Å². The van der Waals surface area contributed by atoms with Crippen molar-refractivity contribution in [3.8, 4) is 10.8 Å². The Morgan fingerprint density at radius 1 is 1.25 bits per heavy atom. The van der Waals surface area contributed by atoms with Crippen LogP contribution in [0.15, 0.2) is 52.3 Å². The van der Waals surface area contributed by atoms with Crippen molar-refractivity contribution in [2.24, 2.45) is 0 Å². The molecule has 1 atom stereocenters. The molecule has 2 heterocycles. The Balaban J connectivity index is 1.61. The molecule has 0 unspecified atom stereocenters. The number of hydrogen-bond donors (Lipinski definition) is 0. The lowest BCUT2D eigenvalue weighted by molar-refractivity contribution is -0.143. The zero-order valence-corrected chi connectivity index (χ0v) is 14.1. The van der Waals surface area contributed by atoms with E-state index in [2.05, 4.69) is 10.2 Å². The number of hydrogen-bond acceptors (Lipinski definition) is 6. The van der Waals surface area contributed by atoms with Crippen molar-refractivity contribution in [3.63, 3.8) is 0 Å². The van der Waals surface area contributed by atoms with E-state index in [9.17, 15) is 4.79 Å². The first-order valence-electron chi connectivity index (χ1n) is 7.44. The molecule has 6 heteroatoms. The van der Waals surface area contributed by atoms with Crippen molar-refractivity contribution in [2.45, 2.75) is 20.0 Å². The van der Waals surface area contributed by atoms with Gasteiger partial charge in [0, 0.05) is 6.08 Å². The normalized spacial score (nSPS) is 12.4. The van der Waals surface area contributed by atoms with Gasteiger partial charge in [-0.15, -0.1) is 21.5 Å². The van der Waals surface area contributed by atoms with Gasteiger partial charge in [0.15, 0.2) is 6.10 Å². The Morgan fingerprint density at radius 2 is 2.04 bits per heavy atom. The van der Waals surface area contributed by atoms with E-state index in [1.165, 1.54) is 23.0 Å². The summed E-state index contributed by atoms with van der Waals surface area (Å²) in [6, 6.07) is 11.6. The maximum absolute atomic E-state index is 11.9. The average molecular weight is 340 g/mol. The van der Waals surface area contributed by atoms with Gasteiger partial charge in [0.05, 0.1) is 4.88 Å². The fourth-order valence-corrected chi connectivity index (χ4v) is 2.65. The molecule has 5 nitrogen and oxygen atoms in total. The quantitative estimate of drug-likeness (QED) is 0.508. The van der Waals surface area contributed by atoms with Crippen molar-refractivity contribution >= 4 is 23.4 Å². The summed E-state index contributed by atoms with van der Waals surface area (Å²) in [6.45, 7) is 3.71. The predicted octanol–water partition coefficient (Wildman–Crippen LogP) is 4.42. The fraction of sp³-hybridized carbons (Fsp3) is 0.167. The molecule has 0 radical (unpaired) electrons. The Bertz CT molecular complexity index is 836. The molecule has 0 aliphatic rings. The zero-order valence-electron chi connectivity index (χ0n) is 13.3.